The minimum Gasteiger partial charge on any atom is -0.341 e. The van der Waals surface area contributed by atoms with Crippen molar-refractivity contribution in [3.63, 3.8) is 0 Å². The Balaban J connectivity index is 1.53. The predicted molar refractivity (Wildman–Crippen MR) is 117 cm³/mol. The van der Waals surface area contributed by atoms with Crippen LogP contribution in [0.25, 0.3) is 0 Å². The summed E-state index contributed by atoms with van der Waals surface area (Å²) in [5, 5.41) is 4.25. The van der Waals surface area contributed by atoms with E-state index in [1.807, 2.05) is 23.1 Å². The molecule has 1 fully saturated rings. The Morgan fingerprint density at radius 3 is 2.43 bits per heavy atom. The van der Waals surface area contributed by atoms with Gasteiger partial charge >= 0.3 is 0 Å². The number of amides is 1. The second-order valence-electron chi connectivity index (χ2n) is 7.95. The lowest BCUT2D eigenvalue weighted by atomic mass is 10.1. The summed E-state index contributed by atoms with van der Waals surface area (Å²) in [5.74, 6) is 0.121. The monoisotopic (exact) mass is 432 g/mol. The summed E-state index contributed by atoms with van der Waals surface area (Å²) in [5.41, 5.74) is 2.45. The van der Waals surface area contributed by atoms with E-state index in [1.165, 1.54) is 9.87 Å². The molecule has 0 N–H and O–H groups in total. The van der Waals surface area contributed by atoms with Crippen molar-refractivity contribution in [2.45, 2.75) is 50.8 Å². The lowest BCUT2D eigenvalue weighted by Crippen LogP contribution is -2.37. The first-order valence-corrected chi connectivity index (χ1v) is 12.1. The zero-order valence-corrected chi connectivity index (χ0v) is 19.0. The predicted octanol–water partition coefficient (Wildman–Crippen LogP) is 2.67. The highest BCUT2D eigenvalue weighted by Crippen LogP contribution is 2.24. The Labute approximate surface area is 179 Å². The standard InChI is InChI=1S/C22H32N4O3S/c1-18-22(19(2)24(3)23-18)30(28,29)26-15-9-14-25(16-17-26)21(27)13-8-7-12-20-10-5-4-6-11-20/h4-6,10-11H,7-9,12-17H2,1-3H3. The molecule has 0 spiro atoms. The number of sulfonamides is 1. The van der Waals surface area contributed by atoms with Crippen LogP contribution in [0.3, 0.4) is 0 Å². The summed E-state index contributed by atoms with van der Waals surface area (Å²) < 4.78 is 29.5. The molecule has 8 heteroatoms. The van der Waals surface area contributed by atoms with Crippen molar-refractivity contribution in [3.8, 4) is 0 Å². The summed E-state index contributed by atoms with van der Waals surface area (Å²) in [6.07, 6.45) is 3.96. The van der Waals surface area contributed by atoms with E-state index in [4.69, 9.17) is 0 Å². The third-order valence-corrected chi connectivity index (χ3v) is 7.95. The number of hydrogen-bond donors (Lipinski definition) is 0. The van der Waals surface area contributed by atoms with Crippen molar-refractivity contribution in [3.05, 3.63) is 47.3 Å². The minimum absolute atomic E-state index is 0.121. The molecule has 0 saturated carbocycles. The number of benzene rings is 1. The van der Waals surface area contributed by atoms with Crippen LogP contribution in [0.1, 0.15) is 42.6 Å². The fraction of sp³-hybridized carbons (Fsp3) is 0.545. The zero-order chi connectivity index (χ0) is 21.7. The molecule has 0 radical (unpaired) electrons. The molecular formula is C22H32N4O3S. The van der Waals surface area contributed by atoms with Crippen LogP contribution >= 0.6 is 0 Å². The molecule has 164 valence electrons. The Morgan fingerprint density at radius 1 is 1.03 bits per heavy atom. The molecule has 1 amide bonds. The number of carbonyl (C=O) groups excluding carboxylic acids is 1. The van der Waals surface area contributed by atoms with Gasteiger partial charge in [0, 0.05) is 39.6 Å². The van der Waals surface area contributed by atoms with E-state index in [0.29, 0.717) is 55.3 Å². The Bertz CT molecular complexity index is 970. The first kappa shape index (κ1) is 22.5. The van der Waals surface area contributed by atoms with E-state index >= 15 is 0 Å². The molecule has 3 rings (SSSR count). The van der Waals surface area contributed by atoms with Gasteiger partial charge in [-0.05, 0) is 45.1 Å². The molecule has 1 aliphatic heterocycles. The third kappa shape index (κ3) is 5.10. The summed E-state index contributed by atoms with van der Waals surface area (Å²) >= 11 is 0. The van der Waals surface area contributed by atoms with Gasteiger partial charge in [-0.15, -0.1) is 0 Å². The number of carbonyl (C=O) groups is 1. The zero-order valence-electron chi connectivity index (χ0n) is 18.2. The first-order chi connectivity index (χ1) is 14.3. The number of hydrogen-bond acceptors (Lipinski definition) is 4. The van der Waals surface area contributed by atoms with E-state index in [9.17, 15) is 13.2 Å². The number of aryl methyl sites for hydroxylation is 3. The average molecular weight is 433 g/mol. The third-order valence-electron chi connectivity index (χ3n) is 5.80. The Hall–Kier alpha value is -2.19. The number of nitrogens with zero attached hydrogens (tertiary/aromatic N) is 4. The Kier molecular flexibility index (Phi) is 7.31. The topological polar surface area (TPSA) is 75.5 Å². The van der Waals surface area contributed by atoms with E-state index in [-0.39, 0.29) is 5.91 Å². The van der Waals surface area contributed by atoms with Gasteiger partial charge in [-0.1, -0.05) is 30.3 Å². The van der Waals surface area contributed by atoms with E-state index in [2.05, 4.69) is 17.2 Å². The number of aromatic nitrogens is 2. The quantitative estimate of drug-likeness (QED) is 0.631. The molecule has 7 nitrogen and oxygen atoms in total. The van der Waals surface area contributed by atoms with Crippen LogP contribution in [0.2, 0.25) is 0 Å². The van der Waals surface area contributed by atoms with E-state index in [1.54, 1.807) is 25.6 Å². The Morgan fingerprint density at radius 2 is 1.77 bits per heavy atom. The highest BCUT2D eigenvalue weighted by molar-refractivity contribution is 7.89. The van der Waals surface area contributed by atoms with Crippen LogP contribution in [0, 0.1) is 13.8 Å². The second-order valence-corrected chi connectivity index (χ2v) is 9.83. The maximum Gasteiger partial charge on any atom is 0.246 e. The summed E-state index contributed by atoms with van der Waals surface area (Å²) in [4.78, 5) is 14.8. The molecule has 1 aromatic heterocycles. The SMILES string of the molecule is Cc1nn(C)c(C)c1S(=O)(=O)N1CCCN(C(=O)CCCCc2ccccc2)CC1. The molecule has 1 aliphatic rings. The molecule has 0 unspecified atom stereocenters. The van der Waals surface area contributed by atoms with Crippen molar-refractivity contribution < 1.29 is 13.2 Å². The van der Waals surface area contributed by atoms with Gasteiger partial charge in [0.25, 0.3) is 0 Å². The van der Waals surface area contributed by atoms with Gasteiger partial charge in [0.1, 0.15) is 4.90 Å². The molecule has 30 heavy (non-hydrogen) atoms. The van der Waals surface area contributed by atoms with Crippen LogP contribution in [0.5, 0.6) is 0 Å². The van der Waals surface area contributed by atoms with Crippen molar-refractivity contribution in [2.24, 2.45) is 7.05 Å². The molecule has 0 bridgehead atoms. The van der Waals surface area contributed by atoms with Crippen LogP contribution in [0.4, 0.5) is 0 Å². The summed E-state index contributed by atoms with van der Waals surface area (Å²) in [6.45, 7) is 5.29. The van der Waals surface area contributed by atoms with E-state index < -0.39 is 10.0 Å². The normalized spacial score (nSPS) is 15.9. The highest BCUT2D eigenvalue weighted by Gasteiger charge is 2.32. The van der Waals surface area contributed by atoms with Crippen molar-refractivity contribution in [1.29, 1.82) is 0 Å². The van der Waals surface area contributed by atoms with E-state index in [0.717, 1.165) is 19.3 Å². The van der Waals surface area contributed by atoms with Gasteiger partial charge in [0.2, 0.25) is 15.9 Å². The second kappa shape index (κ2) is 9.75. The van der Waals surface area contributed by atoms with Crippen molar-refractivity contribution in [2.75, 3.05) is 26.2 Å². The molecule has 2 aromatic rings. The van der Waals surface area contributed by atoms with Gasteiger partial charge < -0.3 is 4.90 Å². The van der Waals surface area contributed by atoms with Gasteiger partial charge in [-0.3, -0.25) is 9.48 Å². The molecular weight excluding hydrogens is 400 g/mol. The maximum atomic E-state index is 13.2. The van der Waals surface area contributed by atoms with Crippen LogP contribution in [-0.4, -0.2) is 59.5 Å². The largest absolute Gasteiger partial charge is 0.341 e. The van der Waals surface area contributed by atoms with Gasteiger partial charge in [0.05, 0.1) is 11.4 Å². The van der Waals surface area contributed by atoms with Crippen molar-refractivity contribution in [1.82, 2.24) is 19.0 Å². The maximum absolute atomic E-state index is 13.2. The van der Waals surface area contributed by atoms with Crippen molar-refractivity contribution >= 4 is 15.9 Å². The molecule has 1 saturated heterocycles. The van der Waals surface area contributed by atoms with Crippen LogP contribution in [0.15, 0.2) is 35.2 Å². The van der Waals surface area contributed by atoms with Gasteiger partial charge in [0.15, 0.2) is 0 Å². The van der Waals surface area contributed by atoms with Crippen LogP contribution in [-0.2, 0) is 28.3 Å². The highest BCUT2D eigenvalue weighted by atomic mass is 32.2. The first-order valence-electron chi connectivity index (χ1n) is 10.6. The average Bonchev–Trinajstić information content (AvgIpc) is 2.90. The molecule has 1 aromatic carbocycles. The van der Waals surface area contributed by atoms with Crippen LogP contribution < -0.4 is 0 Å². The smallest absolute Gasteiger partial charge is 0.246 e. The van der Waals surface area contributed by atoms with Gasteiger partial charge in [-0.2, -0.15) is 9.40 Å². The number of rotatable bonds is 7. The molecule has 0 atom stereocenters. The summed E-state index contributed by atoms with van der Waals surface area (Å²) in [7, 11) is -1.86. The molecule has 2 heterocycles. The van der Waals surface area contributed by atoms with Gasteiger partial charge in [-0.25, -0.2) is 8.42 Å². The minimum atomic E-state index is -3.61. The summed E-state index contributed by atoms with van der Waals surface area (Å²) in [6, 6.07) is 10.3. The fourth-order valence-electron chi connectivity index (χ4n) is 4.05. The number of unbranched alkanes of at least 4 members (excludes halogenated alkanes) is 1. The lowest BCUT2D eigenvalue weighted by Gasteiger charge is -2.22. The lowest BCUT2D eigenvalue weighted by molar-refractivity contribution is -0.131. The fourth-order valence-corrected chi connectivity index (χ4v) is 5.92. The molecule has 0 aliphatic carbocycles.